The summed E-state index contributed by atoms with van der Waals surface area (Å²) in [4.78, 5) is 12.0. The minimum Gasteiger partial charge on any atom is -0.434 e. The number of rotatable bonds is 3. The predicted molar refractivity (Wildman–Crippen MR) is 93.2 cm³/mol. The first-order valence-corrected chi connectivity index (χ1v) is 7.87. The van der Waals surface area contributed by atoms with Crippen molar-refractivity contribution in [2.75, 3.05) is 6.61 Å². The third-order valence-electron chi connectivity index (χ3n) is 3.83. The van der Waals surface area contributed by atoms with Gasteiger partial charge in [-0.1, -0.05) is 42.3 Å². The number of hydrogen-bond donors (Lipinski definition) is 0. The molecule has 0 aromatic heterocycles. The summed E-state index contributed by atoms with van der Waals surface area (Å²) in [5, 5.41) is 3.95. The molecule has 3 nitrogen and oxygen atoms in total. The highest BCUT2D eigenvalue weighted by atomic mass is 16.7. The molecule has 0 saturated heterocycles. The van der Waals surface area contributed by atoms with Gasteiger partial charge in [-0.05, 0) is 49.2 Å². The Hall–Kier alpha value is -2.55. The third-order valence-corrected chi connectivity index (χ3v) is 3.83. The molecule has 0 saturated carbocycles. The lowest BCUT2D eigenvalue weighted by Gasteiger charge is -2.13. The average Bonchev–Trinajstić information content (AvgIpc) is 2.53. The van der Waals surface area contributed by atoms with Crippen molar-refractivity contribution in [3.63, 3.8) is 0 Å². The van der Waals surface area contributed by atoms with Gasteiger partial charge in [-0.3, -0.25) is 0 Å². The average molecular weight is 308 g/mol. The largest absolute Gasteiger partial charge is 0.513 e. The fourth-order valence-electron chi connectivity index (χ4n) is 2.71. The molecular formula is C20H20O3. The van der Waals surface area contributed by atoms with Crippen LogP contribution in [0.4, 0.5) is 4.79 Å². The predicted octanol–water partition coefficient (Wildman–Crippen LogP) is 5.54. The highest BCUT2D eigenvalue weighted by molar-refractivity contribution is 6.06. The highest BCUT2D eigenvalue weighted by Crippen LogP contribution is 2.36. The van der Waals surface area contributed by atoms with E-state index in [2.05, 4.69) is 18.2 Å². The van der Waals surface area contributed by atoms with Gasteiger partial charge in [0, 0.05) is 10.8 Å². The first-order valence-electron chi connectivity index (χ1n) is 7.87. The molecule has 3 aromatic carbocycles. The summed E-state index contributed by atoms with van der Waals surface area (Å²) >= 11 is 0. The van der Waals surface area contributed by atoms with Crippen LogP contribution in [0.5, 0.6) is 5.75 Å². The van der Waals surface area contributed by atoms with Gasteiger partial charge in [-0.15, -0.1) is 0 Å². The van der Waals surface area contributed by atoms with Crippen molar-refractivity contribution < 1.29 is 14.3 Å². The van der Waals surface area contributed by atoms with Crippen LogP contribution in [0.25, 0.3) is 21.5 Å². The van der Waals surface area contributed by atoms with Gasteiger partial charge in [0.25, 0.3) is 0 Å². The van der Waals surface area contributed by atoms with Crippen LogP contribution in [-0.2, 0) is 4.74 Å². The molecule has 0 aliphatic rings. The topological polar surface area (TPSA) is 35.5 Å². The summed E-state index contributed by atoms with van der Waals surface area (Å²) in [7, 11) is 0. The number of hydrogen-bond acceptors (Lipinski definition) is 3. The number of ether oxygens (including phenoxy) is 2. The Balaban J connectivity index is 2.21. The Labute approximate surface area is 135 Å². The molecule has 0 heterocycles. The molecule has 3 aromatic rings. The molecule has 3 rings (SSSR count). The molecule has 0 atom stereocenters. The lowest BCUT2D eigenvalue weighted by atomic mass is 9.99. The molecule has 0 aliphatic heterocycles. The molecule has 0 radical (unpaired) electrons. The Kier molecular flexibility index (Phi) is 4.20. The normalized spacial score (nSPS) is 10.9. The third kappa shape index (κ3) is 3.14. The van der Waals surface area contributed by atoms with Crippen LogP contribution in [-0.4, -0.2) is 12.8 Å². The Bertz CT molecular complexity index is 821. The molecule has 23 heavy (non-hydrogen) atoms. The first kappa shape index (κ1) is 15.3. The Morgan fingerprint density at radius 3 is 2.00 bits per heavy atom. The molecule has 0 amide bonds. The monoisotopic (exact) mass is 308 g/mol. The zero-order chi connectivity index (χ0) is 16.4. The molecule has 0 aliphatic carbocycles. The van der Waals surface area contributed by atoms with Crippen molar-refractivity contribution in [3.05, 3.63) is 53.6 Å². The maximum atomic E-state index is 12.0. The minimum atomic E-state index is -0.649. The quantitative estimate of drug-likeness (QED) is 0.362. The van der Waals surface area contributed by atoms with Gasteiger partial charge in [0.1, 0.15) is 5.75 Å². The Morgan fingerprint density at radius 2 is 1.48 bits per heavy atom. The van der Waals surface area contributed by atoms with Crippen molar-refractivity contribution in [3.8, 4) is 5.75 Å². The highest BCUT2D eigenvalue weighted by Gasteiger charge is 2.14. The van der Waals surface area contributed by atoms with E-state index >= 15 is 0 Å². The summed E-state index contributed by atoms with van der Waals surface area (Å²) < 4.78 is 10.7. The number of carbonyl (C=O) groups excluding carboxylic acids is 1. The fraction of sp³-hybridized carbons (Fsp3) is 0.250. The van der Waals surface area contributed by atoms with Crippen LogP contribution in [0.2, 0.25) is 0 Å². The van der Waals surface area contributed by atoms with E-state index in [1.54, 1.807) is 0 Å². The van der Waals surface area contributed by atoms with Gasteiger partial charge >= 0.3 is 6.16 Å². The van der Waals surface area contributed by atoms with Crippen LogP contribution in [0, 0.1) is 13.8 Å². The lowest BCUT2D eigenvalue weighted by molar-refractivity contribution is 0.100. The number of fused-ring (bicyclic) bond motifs is 2. The minimum absolute atomic E-state index is 0.361. The lowest BCUT2D eigenvalue weighted by Crippen LogP contribution is -2.11. The van der Waals surface area contributed by atoms with Gasteiger partial charge in [0.15, 0.2) is 0 Å². The SMILES string of the molecule is CCCOC(=O)Oc1c2cc(C)ccc2cc2ccc(C)cc12. The van der Waals surface area contributed by atoms with E-state index in [1.165, 1.54) is 0 Å². The maximum Gasteiger partial charge on any atom is 0.513 e. The summed E-state index contributed by atoms with van der Waals surface area (Å²) in [6.07, 6.45) is 0.118. The molecule has 0 fully saturated rings. The van der Waals surface area contributed by atoms with Crippen LogP contribution >= 0.6 is 0 Å². The van der Waals surface area contributed by atoms with Crippen molar-refractivity contribution in [2.45, 2.75) is 27.2 Å². The zero-order valence-corrected chi connectivity index (χ0v) is 13.7. The summed E-state index contributed by atoms with van der Waals surface area (Å²) in [5.41, 5.74) is 2.24. The molecule has 0 bridgehead atoms. The van der Waals surface area contributed by atoms with Gasteiger partial charge in [-0.2, -0.15) is 0 Å². The number of aryl methyl sites for hydroxylation is 2. The van der Waals surface area contributed by atoms with E-state index in [0.717, 1.165) is 39.1 Å². The maximum absolute atomic E-state index is 12.0. The van der Waals surface area contributed by atoms with Gasteiger partial charge in [0.2, 0.25) is 0 Å². The molecule has 118 valence electrons. The second-order valence-corrected chi connectivity index (χ2v) is 5.86. The molecule has 0 spiro atoms. The van der Waals surface area contributed by atoms with Gasteiger partial charge < -0.3 is 9.47 Å². The summed E-state index contributed by atoms with van der Waals surface area (Å²) in [6, 6.07) is 14.4. The summed E-state index contributed by atoms with van der Waals surface area (Å²) in [5.74, 6) is 0.575. The van der Waals surface area contributed by atoms with E-state index in [4.69, 9.17) is 9.47 Å². The van der Waals surface area contributed by atoms with Crippen LogP contribution in [0.15, 0.2) is 42.5 Å². The Morgan fingerprint density at radius 1 is 0.913 bits per heavy atom. The van der Waals surface area contributed by atoms with Crippen molar-refractivity contribution in [2.24, 2.45) is 0 Å². The van der Waals surface area contributed by atoms with Gasteiger partial charge in [0.05, 0.1) is 6.61 Å². The van der Waals surface area contributed by atoms with E-state index in [1.807, 2.05) is 45.0 Å². The number of benzene rings is 3. The summed E-state index contributed by atoms with van der Waals surface area (Å²) in [6.45, 7) is 6.37. The zero-order valence-electron chi connectivity index (χ0n) is 13.7. The van der Waals surface area contributed by atoms with E-state index in [9.17, 15) is 4.79 Å². The van der Waals surface area contributed by atoms with Gasteiger partial charge in [-0.25, -0.2) is 4.79 Å². The molecule has 0 N–H and O–H groups in total. The van der Waals surface area contributed by atoms with Crippen LogP contribution in [0.1, 0.15) is 24.5 Å². The van der Waals surface area contributed by atoms with Crippen LogP contribution < -0.4 is 4.74 Å². The molecule has 0 unspecified atom stereocenters. The van der Waals surface area contributed by atoms with Crippen molar-refractivity contribution in [1.29, 1.82) is 0 Å². The van der Waals surface area contributed by atoms with Crippen molar-refractivity contribution in [1.82, 2.24) is 0 Å². The van der Waals surface area contributed by atoms with E-state index in [0.29, 0.717) is 12.4 Å². The standard InChI is InChI=1S/C20H20O3/c1-4-9-22-20(21)23-19-17-10-13(2)5-7-15(17)12-16-8-6-14(3)11-18(16)19/h5-8,10-12H,4,9H2,1-3H3. The second kappa shape index (κ2) is 6.29. The second-order valence-electron chi connectivity index (χ2n) is 5.86. The number of carbonyl (C=O) groups is 1. The first-order chi connectivity index (χ1) is 11.1. The molecular weight excluding hydrogens is 288 g/mol. The van der Waals surface area contributed by atoms with Crippen molar-refractivity contribution >= 4 is 27.7 Å². The van der Waals surface area contributed by atoms with E-state index < -0.39 is 6.16 Å². The van der Waals surface area contributed by atoms with Crippen LogP contribution in [0.3, 0.4) is 0 Å². The molecule has 3 heteroatoms. The smallest absolute Gasteiger partial charge is 0.434 e. The van der Waals surface area contributed by atoms with E-state index in [-0.39, 0.29) is 0 Å². The fourth-order valence-corrected chi connectivity index (χ4v) is 2.71.